The third kappa shape index (κ3) is 4.07. The van der Waals surface area contributed by atoms with Gasteiger partial charge in [0.1, 0.15) is 5.75 Å². The van der Waals surface area contributed by atoms with Crippen molar-refractivity contribution in [1.82, 2.24) is 5.32 Å². The molecule has 0 aliphatic heterocycles. The predicted octanol–water partition coefficient (Wildman–Crippen LogP) is 4.82. The summed E-state index contributed by atoms with van der Waals surface area (Å²) in [6.45, 7) is 0.722. The van der Waals surface area contributed by atoms with Crippen molar-refractivity contribution < 1.29 is 9.90 Å². The molecule has 1 saturated carbocycles. The molecule has 0 unspecified atom stereocenters. The molecule has 1 aliphatic carbocycles. The maximum absolute atomic E-state index is 12.8. The third-order valence-electron chi connectivity index (χ3n) is 4.59. The number of nitrogens with zero attached hydrogens (tertiary/aromatic N) is 1. The maximum Gasteiger partial charge on any atom is 0.326 e. The quantitative estimate of drug-likeness (QED) is 0.847. The highest BCUT2D eigenvalue weighted by molar-refractivity contribution is 5.99. The van der Waals surface area contributed by atoms with Crippen molar-refractivity contribution in [3.05, 3.63) is 54.6 Å². The van der Waals surface area contributed by atoms with Gasteiger partial charge in [-0.2, -0.15) is 0 Å². The van der Waals surface area contributed by atoms with Gasteiger partial charge in [-0.15, -0.1) is 0 Å². The van der Waals surface area contributed by atoms with Crippen LogP contribution in [0.25, 0.3) is 0 Å². The molecule has 2 aromatic rings. The Morgan fingerprint density at radius 3 is 2.25 bits per heavy atom. The lowest BCUT2D eigenvalue weighted by molar-refractivity contribution is 0.244. The van der Waals surface area contributed by atoms with Crippen molar-refractivity contribution in [2.75, 3.05) is 11.4 Å². The first-order valence-electron chi connectivity index (χ1n) is 8.66. The number of hydrogen-bond donors (Lipinski definition) is 2. The van der Waals surface area contributed by atoms with Crippen molar-refractivity contribution in [2.24, 2.45) is 5.92 Å². The van der Waals surface area contributed by atoms with E-state index in [-0.39, 0.29) is 11.8 Å². The lowest BCUT2D eigenvalue weighted by atomic mass is 9.89. The Labute approximate surface area is 143 Å². The molecule has 3 rings (SSSR count). The van der Waals surface area contributed by atoms with E-state index in [1.807, 2.05) is 30.3 Å². The molecule has 0 spiro atoms. The second-order valence-corrected chi connectivity index (χ2v) is 6.38. The second kappa shape index (κ2) is 7.86. The van der Waals surface area contributed by atoms with Crippen LogP contribution in [0.4, 0.5) is 16.2 Å². The van der Waals surface area contributed by atoms with E-state index in [1.54, 1.807) is 29.2 Å². The van der Waals surface area contributed by atoms with Crippen molar-refractivity contribution in [1.29, 1.82) is 0 Å². The average Bonchev–Trinajstić information content (AvgIpc) is 2.64. The van der Waals surface area contributed by atoms with E-state index in [2.05, 4.69) is 5.32 Å². The van der Waals surface area contributed by atoms with Crippen LogP contribution < -0.4 is 10.2 Å². The number of phenols is 1. The van der Waals surface area contributed by atoms with Crippen LogP contribution in [0.3, 0.4) is 0 Å². The molecule has 126 valence electrons. The highest BCUT2D eigenvalue weighted by Crippen LogP contribution is 2.27. The molecule has 24 heavy (non-hydrogen) atoms. The first kappa shape index (κ1) is 16.4. The Bertz CT molecular complexity index is 649. The van der Waals surface area contributed by atoms with Crippen LogP contribution in [-0.2, 0) is 0 Å². The van der Waals surface area contributed by atoms with Gasteiger partial charge in [0.2, 0.25) is 0 Å². The summed E-state index contributed by atoms with van der Waals surface area (Å²) in [7, 11) is 0. The fraction of sp³-hybridized carbons (Fsp3) is 0.350. The molecule has 0 aromatic heterocycles. The minimum atomic E-state index is -0.127. The zero-order valence-corrected chi connectivity index (χ0v) is 13.8. The van der Waals surface area contributed by atoms with Gasteiger partial charge in [0, 0.05) is 6.54 Å². The fourth-order valence-electron chi connectivity index (χ4n) is 3.26. The predicted molar refractivity (Wildman–Crippen MR) is 96.7 cm³/mol. The monoisotopic (exact) mass is 324 g/mol. The van der Waals surface area contributed by atoms with Crippen LogP contribution in [0.5, 0.6) is 5.75 Å². The minimum Gasteiger partial charge on any atom is -0.508 e. The van der Waals surface area contributed by atoms with Gasteiger partial charge in [-0.3, -0.25) is 4.90 Å². The molecule has 2 N–H and O–H groups in total. The van der Waals surface area contributed by atoms with Gasteiger partial charge in [0.15, 0.2) is 0 Å². The maximum atomic E-state index is 12.8. The Kier molecular flexibility index (Phi) is 5.36. The van der Waals surface area contributed by atoms with E-state index in [9.17, 15) is 9.90 Å². The molecule has 4 heteroatoms. The zero-order valence-electron chi connectivity index (χ0n) is 13.8. The number of anilines is 2. The summed E-state index contributed by atoms with van der Waals surface area (Å²) in [6.07, 6.45) is 6.24. The number of carbonyl (C=O) groups excluding carboxylic acids is 1. The van der Waals surface area contributed by atoms with Crippen molar-refractivity contribution in [3.63, 3.8) is 0 Å². The third-order valence-corrected chi connectivity index (χ3v) is 4.59. The number of amides is 2. The molecule has 2 aromatic carbocycles. The normalized spacial score (nSPS) is 15.0. The van der Waals surface area contributed by atoms with E-state index < -0.39 is 0 Å². The summed E-state index contributed by atoms with van der Waals surface area (Å²) in [5.74, 6) is 0.773. The zero-order chi connectivity index (χ0) is 16.8. The van der Waals surface area contributed by atoms with E-state index in [1.165, 1.54) is 32.1 Å². The van der Waals surface area contributed by atoms with Crippen LogP contribution >= 0.6 is 0 Å². The average molecular weight is 324 g/mol. The number of hydrogen-bond acceptors (Lipinski definition) is 2. The first-order chi connectivity index (χ1) is 11.7. The molecule has 1 fully saturated rings. The Morgan fingerprint density at radius 2 is 1.58 bits per heavy atom. The smallest absolute Gasteiger partial charge is 0.326 e. The summed E-state index contributed by atoms with van der Waals surface area (Å²) >= 11 is 0. The fourth-order valence-corrected chi connectivity index (χ4v) is 3.26. The Balaban J connectivity index is 1.76. The van der Waals surface area contributed by atoms with Gasteiger partial charge in [0.05, 0.1) is 11.4 Å². The summed E-state index contributed by atoms with van der Waals surface area (Å²) in [5.41, 5.74) is 1.55. The van der Waals surface area contributed by atoms with Gasteiger partial charge in [-0.25, -0.2) is 4.79 Å². The topological polar surface area (TPSA) is 52.6 Å². The number of carbonyl (C=O) groups is 1. The van der Waals surface area contributed by atoms with E-state index in [0.29, 0.717) is 5.92 Å². The Hall–Kier alpha value is -2.49. The molecule has 4 nitrogen and oxygen atoms in total. The number of nitrogens with one attached hydrogen (secondary N) is 1. The summed E-state index contributed by atoms with van der Waals surface area (Å²) in [4.78, 5) is 14.5. The van der Waals surface area contributed by atoms with E-state index >= 15 is 0 Å². The number of rotatable bonds is 4. The van der Waals surface area contributed by atoms with Crippen LogP contribution in [0.2, 0.25) is 0 Å². The standard InChI is InChI=1S/C20H24N2O2/c23-19-13-11-18(12-14-19)22(17-9-5-2-6-10-17)20(24)21-15-16-7-3-1-4-8-16/h2,5-6,9-14,16,23H,1,3-4,7-8,15H2,(H,21,24). The lowest BCUT2D eigenvalue weighted by Gasteiger charge is -2.26. The molecular weight excluding hydrogens is 300 g/mol. The number of urea groups is 1. The largest absolute Gasteiger partial charge is 0.508 e. The van der Waals surface area contributed by atoms with Crippen molar-refractivity contribution in [2.45, 2.75) is 32.1 Å². The van der Waals surface area contributed by atoms with Crippen molar-refractivity contribution >= 4 is 17.4 Å². The van der Waals surface area contributed by atoms with Gasteiger partial charge < -0.3 is 10.4 Å². The summed E-state index contributed by atoms with van der Waals surface area (Å²) in [6, 6.07) is 16.1. The molecule has 0 saturated heterocycles. The molecular formula is C20H24N2O2. The molecule has 0 radical (unpaired) electrons. The summed E-state index contributed by atoms with van der Waals surface area (Å²) < 4.78 is 0. The van der Waals surface area contributed by atoms with Crippen LogP contribution in [0.15, 0.2) is 54.6 Å². The first-order valence-corrected chi connectivity index (χ1v) is 8.66. The molecule has 0 bridgehead atoms. The van der Waals surface area contributed by atoms with Gasteiger partial charge >= 0.3 is 6.03 Å². The number of aromatic hydroxyl groups is 1. The van der Waals surface area contributed by atoms with Crippen LogP contribution in [0.1, 0.15) is 32.1 Å². The molecule has 0 heterocycles. The van der Waals surface area contributed by atoms with Crippen molar-refractivity contribution in [3.8, 4) is 5.75 Å². The number of benzene rings is 2. The van der Waals surface area contributed by atoms with Crippen LogP contribution in [0, 0.1) is 5.92 Å². The van der Waals surface area contributed by atoms with Gasteiger partial charge in [-0.05, 0) is 55.2 Å². The number of para-hydroxylation sites is 1. The number of phenolic OH excluding ortho intramolecular Hbond substituents is 1. The minimum absolute atomic E-state index is 0.127. The highest BCUT2D eigenvalue weighted by Gasteiger charge is 2.20. The van der Waals surface area contributed by atoms with Gasteiger partial charge in [0.25, 0.3) is 0 Å². The SMILES string of the molecule is O=C(NCC1CCCCC1)N(c1ccccc1)c1ccc(O)cc1. The second-order valence-electron chi connectivity index (χ2n) is 6.38. The Morgan fingerprint density at radius 1 is 0.958 bits per heavy atom. The van der Waals surface area contributed by atoms with Crippen LogP contribution in [-0.4, -0.2) is 17.7 Å². The molecule has 1 aliphatic rings. The van der Waals surface area contributed by atoms with E-state index in [0.717, 1.165) is 17.9 Å². The highest BCUT2D eigenvalue weighted by atomic mass is 16.3. The van der Waals surface area contributed by atoms with Gasteiger partial charge in [-0.1, -0.05) is 37.5 Å². The van der Waals surface area contributed by atoms with E-state index in [4.69, 9.17) is 0 Å². The summed E-state index contributed by atoms with van der Waals surface area (Å²) in [5, 5.41) is 12.6. The molecule has 0 atom stereocenters. The lowest BCUT2D eigenvalue weighted by Crippen LogP contribution is -2.39. The molecule has 2 amide bonds.